The Morgan fingerprint density at radius 3 is 2.09 bits per heavy atom. The van der Waals surface area contributed by atoms with Crippen molar-refractivity contribution in [1.82, 2.24) is 9.29 Å². The molecule has 0 radical (unpaired) electrons. The third-order valence-corrected chi connectivity index (χ3v) is 7.95. The molecule has 7 heteroatoms. The van der Waals surface area contributed by atoms with Gasteiger partial charge in [0.05, 0.1) is 30.2 Å². The van der Waals surface area contributed by atoms with Crippen LogP contribution >= 0.6 is 0 Å². The molecular formula is C25H26N2O4S. The van der Waals surface area contributed by atoms with Crippen LogP contribution < -0.4 is 9.46 Å². The van der Waals surface area contributed by atoms with Gasteiger partial charge < -0.3 is 14.4 Å². The van der Waals surface area contributed by atoms with Crippen LogP contribution in [-0.2, 0) is 10.0 Å². The maximum absolute atomic E-state index is 13.0. The second-order valence-corrected chi connectivity index (χ2v) is 10.0. The first-order chi connectivity index (χ1) is 15.5. The van der Waals surface area contributed by atoms with Gasteiger partial charge in [0.1, 0.15) is 5.75 Å². The molecule has 6 nitrogen and oxygen atoms in total. The number of rotatable bonds is 5. The number of para-hydroxylation sites is 2. The average molecular weight is 451 g/mol. The molecule has 4 aromatic rings. The van der Waals surface area contributed by atoms with Gasteiger partial charge in [-0.05, 0) is 55.7 Å². The third kappa shape index (κ3) is 3.56. The monoisotopic (exact) mass is 450 g/mol. The number of nitrogens with zero attached hydrogens (tertiary/aromatic N) is 1. The van der Waals surface area contributed by atoms with Crippen LogP contribution in [0.4, 0.5) is 0 Å². The van der Waals surface area contributed by atoms with Gasteiger partial charge in [0.25, 0.3) is 0 Å². The van der Waals surface area contributed by atoms with Crippen molar-refractivity contribution >= 4 is 31.8 Å². The number of hydrogen-bond donors (Lipinski definition) is 2. The van der Waals surface area contributed by atoms with Gasteiger partial charge in [0.15, 0.2) is 0 Å². The Labute approximate surface area is 187 Å². The summed E-state index contributed by atoms with van der Waals surface area (Å²) >= 11 is 0. The molecule has 166 valence electrons. The van der Waals surface area contributed by atoms with Crippen molar-refractivity contribution in [3.05, 3.63) is 72.8 Å². The Morgan fingerprint density at radius 1 is 0.906 bits per heavy atom. The van der Waals surface area contributed by atoms with E-state index in [1.807, 2.05) is 24.3 Å². The zero-order chi connectivity index (χ0) is 22.3. The molecule has 1 heterocycles. The minimum absolute atomic E-state index is 0.157. The quantitative estimate of drug-likeness (QED) is 0.477. The molecule has 0 spiro atoms. The molecule has 1 aliphatic rings. The van der Waals surface area contributed by atoms with Gasteiger partial charge in [-0.3, -0.25) is 0 Å². The van der Waals surface area contributed by atoms with E-state index in [4.69, 9.17) is 4.74 Å². The van der Waals surface area contributed by atoms with Gasteiger partial charge in [-0.1, -0.05) is 36.4 Å². The summed E-state index contributed by atoms with van der Waals surface area (Å²) in [5.74, 6) is 0.591. The maximum Gasteiger partial charge on any atom is 0.240 e. The molecule has 0 bridgehead atoms. The van der Waals surface area contributed by atoms with Crippen molar-refractivity contribution < 1.29 is 18.3 Å². The summed E-state index contributed by atoms with van der Waals surface area (Å²) in [5.41, 5.74) is 2.10. The van der Waals surface area contributed by atoms with E-state index in [1.54, 1.807) is 12.1 Å². The molecule has 32 heavy (non-hydrogen) atoms. The molecule has 1 aromatic heterocycles. The zero-order valence-electron chi connectivity index (χ0n) is 17.8. The zero-order valence-corrected chi connectivity index (χ0v) is 18.6. The first-order valence-electron chi connectivity index (χ1n) is 10.8. The van der Waals surface area contributed by atoms with Crippen LogP contribution in [0.1, 0.15) is 25.3 Å². The molecule has 1 fully saturated rings. The standard InChI is InChI=1S/C25H26N2O4S/c1-31-17-13-15-18(16-14-17)32(29,30)26-21-9-6-12-24(25(21)28)27-22-10-4-2-7-19(22)20-8-3-5-11-23(20)27/h2-5,7-8,10-11,13-16,21,24-26,28H,6,9,12H2,1H3/t21-,24+,25+/m0/s1. The molecule has 1 saturated carbocycles. The van der Waals surface area contributed by atoms with Crippen molar-refractivity contribution in [2.24, 2.45) is 0 Å². The van der Waals surface area contributed by atoms with Crippen molar-refractivity contribution in [2.75, 3.05) is 7.11 Å². The average Bonchev–Trinajstić information content (AvgIpc) is 3.15. The fourth-order valence-corrected chi connectivity index (χ4v) is 6.19. The number of aliphatic hydroxyl groups excluding tert-OH is 1. The highest BCUT2D eigenvalue weighted by atomic mass is 32.2. The lowest BCUT2D eigenvalue weighted by Gasteiger charge is -2.36. The molecule has 0 amide bonds. The number of ether oxygens (including phenoxy) is 1. The van der Waals surface area contributed by atoms with Crippen LogP contribution in [0.5, 0.6) is 5.75 Å². The largest absolute Gasteiger partial charge is 0.497 e. The van der Waals surface area contributed by atoms with Crippen molar-refractivity contribution in [1.29, 1.82) is 0 Å². The summed E-state index contributed by atoms with van der Waals surface area (Å²) in [7, 11) is -2.23. The Balaban J connectivity index is 1.49. The molecular weight excluding hydrogens is 424 g/mol. The summed E-state index contributed by atoms with van der Waals surface area (Å²) in [6, 6.07) is 21.8. The Bertz CT molecular complexity index is 1310. The summed E-state index contributed by atoms with van der Waals surface area (Å²) < 4.78 is 36.0. The van der Waals surface area contributed by atoms with Crippen LogP contribution in [0, 0.1) is 0 Å². The first kappa shape index (κ1) is 21.0. The van der Waals surface area contributed by atoms with Gasteiger partial charge in [0, 0.05) is 21.8 Å². The summed E-state index contributed by atoms with van der Waals surface area (Å²) in [4.78, 5) is 0.157. The van der Waals surface area contributed by atoms with E-state index in [2.05, 4.69) is 33.6 Å². The predicted octanol–water partition coefficient (Wildman–Crippen LogP) is 4.24. The topological polar surface area (TPSA) is 80.6 Å². The second-order valence-electron chi connectivity index (χ2n) is 8.30. The Kier molecular flexibility index (Phi) is 5.41. The smallest absolute Gasteiger partial charge is 0.240 e. The Morgan fingerprint density at radius 2 is 1.50 bits per heavy atom. The number of aliphatic hydroxyl groups is 1. The van der Waals surface area contributed by atoms with E-state index in [1.165, 1.54) is 19.2 Å². The molecule has 5 rings (SSSR count). The summed E-state index contributed by atoms with van der Waals surface area (Å²) in [6.07, 6.45) is 1.34. The van der Waals surface area contributed by atoms with Crippen LogP contribution in [0.25, 0.3) is 21.8 Å². The molecule has 3 aromatic carbocycles. The van der Waals surface area contributed by atoms with E-state index in [9.17, 15) is 13.5 Å². The van der Waals surface area contributed by atoms with E-state index in [-0.39, 0.29) is 10.9 Å². The van der Waals surface area contributed by atoms with Crippen LogP contribution in [0.3, 0.4) is 0 Å². The Hall–Kier alpha value is -2.87. The van der Waals surface area contributed by atoms with Crippen molar-refractivity contribution in [3.63, 3.8) is 0 Å². The molecule has 2 N–H and O–H groups in total. The molecule has 0 unspecified atom stereocenters. The number of benzene rings is 3. The predicted molar refractivity (Wildman–Crippen MR) is 125 cm³/mol. The van der Waals surface area contributed by atoms with Crippen LogP contribution in [-0.4, -0.2) is 37.3 Å². The minimum Gasteiger partial charge on any atom is -0.497 e. The summed E-state index contributed by atoms with van der Waals surface area (Å²) in [5, 5.41) is 13.6. The highest BCUT2D eigenvalue weighted by Gasteiger charge is 2.36. The van der Waals surface area contributed by atoms with E-state index in [0.717, 1.165) is 34.6 Å². The lowest BCUT2D eigenvalue weighted by Crippen LogP contribution is -2.49. The van der Waals surface area contributed by atoms with Crippen LogP contribution in [0.2, 0.25) is 0 Å². The molecule has 3 atom stereocenters. The number of hydrogen-bond acceptors (Lipinski definition) is 4. The minimum atomic E-state index is -3.77. The van der Waals surface area contributed by atoms with E-state index >= 15 is 0 Å². The third-order valence-electron chi connectivity index (χ3n) is 6.45. The van der Waals surface area contributed by atoms with Gasteiger partial charge in [-0.15, -0.1) is 0 Å². The number of sulfonamides is 1. The fourth-order valence-electron chi connectivity index (χ4n) is 4.90. The molecule has 0 aliphatic heterocycles. The van der Waals surface area contributed by atoms with Gasteiger partial charge >= 0.3 is 0 Å². The number of nitrogens with one attached hydrogen (secondary N) is 1. The normalized spacial score (nSPS) is 21.8. The van der Waals surface area contributed by atoms with E-state index in [0.29, 0.717) is 12.2 Å². The van der Waals surface area contributed by atoms with Gasteiger partial charge in [-0.2, -0.15) is 0 Å². The van der Waals surface area contributed by atoms with Crippen molar-refractivity contribution in [3.8, 4) is 5.75 Å². The second kappa shape index (κ2) is 8.24. The number of methoxy groups -OCH3 is 1. The van der Waals surface area contributed by atoms with Crippen LogP contribution in [0.15, 0.2) is 77.7 Å². The summed E-state index contributed by atoms with van der Waals surface area (Å²) in [6.45, 7) is 0. The van der Waals surface area contributed by atoms with Gasteiger partial charge in [-0.25, -0.2) is 13.1 Å². The van der Waals surface area contributed by atoms with Crippen molar-refractivity contribution in [2.45, 2.75) is 42.3 Å². The highest BCUT2D eigenvalue weighted by molar-refractivity contribution is 7.89. The fraction of sp³-hybridized carbons (Fsp3) is 0.280. The van der Waals surface area contributed by atoms with Gasteiger partial charge in [0.2, 0.25) is 10.0 Å². The SMILES string of the molecule is COc1ccc(S(=O)(=O)N[C@H]2CCC[C@@H](n3c4ccccc4c4ccccc43)[C@@H]2O)cc1. The molecule has 0 saturated heterocycles. The lowest BCUT2D eigenvalue weighted by atomic mass is 9.88. The first-order valence-corrected chi connectivity index (χ1v) is 12.3. The number of fused-ring (bicyclic) bond motifs is 3. The maximum atomic E-state index is 13.0. The number of aromatic nitrogens is 1. The highest BCUT2D eigenvalue weighted by Crippen LogP contribution is 2.38. The lowest BCUT2D eigenvalue weighted by molar-refractivity contribution is 0.0547. The van der Waals surface area contributed by atoms with E-state index < -0.39 is 22.2 Å². The molecule has 1 aliphatic carbocycles.